The number of imide groups is 1. The zero-order chi connectivity index (χ0) is 21.8. The van der Waals surface area contributed by atoms with Crippen LogP contribution in [0.1, 0.15) is 59.7 Å². The predicted octanol–water partition coefficient (Wildman–Crippen LogP) is 1.49. The van der Waals surface area contributed by atoms with Gasteiger partial charge in [0.2, 0.25) is 11.8 Å². The largest absolute Gasteiger partial charge is 0.353 e. The van der Waals surface area contributed by atoms with Crippen LogP contribution in [0.2, 0.25) is 0 Å². The van der Waals surface area contributed by atoms with Gasteiger partial charge in [-0.25, -0.2) is 0 Å². The molecule has 0 aliphatic carbocycles. The molecule has 2 aliphatic heterocycles. The van der Waals surface area contributed by atoms with Gasteiger partial charge < -0.3 is 10.2 Å². The van der Waals surface area contributed by atoms with E-state index in [-0.39, 0.29) is 34.7 Å². The van der Waals surface area contributed by atoms with Gasteiger partial charge >= 0.3 is 0 Å². The Morgan fingerprint density at radius 2 is 1.83 bits per heavy atom. The fourth-order valence-electron chi connectivity index (χ4n) is 3.68. The number of hydrogen-bond acceptors (Lipinski definition) is 6. The lowest BCUT2D eigenvalue weighted by molar-refractivity contribution is -0.384. The molecule has 10 nitrogen and oxygen atoms in total. The Labute approximate surface area is 173 Å². The van der Waals surface area contributed by atoms with Crippen LogP contribution in [0.4, 0.5) is 5.69 Å². The molecule has 2 aliphatic rings. The number of likely N-dealkylation sites (tertiary alicyclic amines) is 1. The molecule has 10 heteroatoms. The number of fused-ring (bicyclic) bond motifs is 1. The van der Waals surface area contributed by atoms with E-state index >= 15 is 0 Å². The predicted molar refractivity (Wildman–Crippen MR) is 106 cm³/mol. The molecule has 2 heterocycles. The Bertz CT molecular complexity index is 891. The number of amides is 4. The van der Waals surface area contributed by atoms with E-state index in [0.29, 0.717) is 32.4 Å². The average Bonchev–Trinajstić information content (AvgIpc) is 2.97. The van der Waals surface area contributed by atoms with Crippen molar-refractivity contribution in [1.29, 1.82) is 0 Å². The number of carbonyl (C=O) groups is 4. The molecule has 1 aromatic carbocycles. The Morgan fingerprint density at radius 1 is 1.17 bits per heavy atom. The van der Waals surface area contributed by atoms with Crippen molar-refractivity contribution in [2.75, 3.05) is 19.6 Å². The maximum atomic E-state index is 12.6. The summed E-state index contributed by atoms with van der Waals surface area (Å²) in [5, 5.41) is 13.9. The molecule has 4 amide bonds. The van der Waals surface area contributed by atoms with Crippen molar-refractivity contribution >= 4 is 29.3 Å². The SMILES string of the molecule is CCCCC(=O)NC1CCN(C(=O)CN2C(=O)c3ccc([N+](=O)[O-])cc3C2=O)CC1. The highest BCUT2D eigenvalue weighted by molar-refractivity contribution is 6.22. The number of nitrogens with one attached hydrogen (secondary N) is 1. The maximum absolute atomic E-state index is 12.6. The highest BCUT2D eigenvalue weighted by Crippen LogP contribution is 2.27. The Kier molecular flexibility index (Phi) is 6.43. The molecule has 30 heavy (non-hydrogen) atoms. The second-order valence-electron chi connectivity index (χ2n) is 7.51. The molecule has 1 N–H and O–H groups in total. The zero-order valence-corrected chi connectivity index (χ0v) is 16.8. The maximum Gasteiger partial charge on any atom is 0.270 e. The van der Waals surface area contributed by atoms with Crippen molar-refractivity contribution in [2.45, 2.75) is 45.1 Å². The third-order valence-electron chi connectivity index (χ3n) is 5.43. The van der Waals surface area contributed by atoms with Crippen LogP contribution < -0.4 is 5.32 Å². The highest BCUT2D eigenvalue weighted by atomic mass is 16.6. The quantitative estimate of drug-likeness (QED) is 0.407. The van der Waals surface area contributed by atoms with Gasteiger partial charge in [-0.2, -0.15) is 0 Å². The molecule has 0 aromatic heterocycles. The summed E-state index contributed by atoms with van der Waals surface area (Å²) in [5.41, 5.74) is -0.284. The number of unbranched alkanes of at least 4 members (excludes halogenated alkanes) is 1. The molecule has 0 bridgehead atoms. The summed E-state index contributed by atoms with van der Waals surface area (Å²) in [5.74, 6) is -1.68. The van der Waals surface area contributed by atoms with Gasteiger partial charge in [-0.15, -0.1) is 0 Å². The van der Waals surface area contributed by atoms with Crippen LogP contribution in [0, 0.1) is 10.1 Å². The van der Waals surface area contributed by atoms with E-state index in [1.807, 2.05) is 6.92 Å². The second kappa shape index (κ2) is 9.02. The average molecular weight is 416 g/mol. The van der Waals surface area contributed by atoms with Crippen LogP contribution in [0.15, 0.2) is 18.2 Å². The smallest absolute Gasteiger partial charge is 0.270 e. The van der Waals surface area contributed by atoms with Crippen LogP contribution in [0.25, 0.3) is 0 Å². The molecule has 0 saturated carbocycles. The number of nitrogens with zero attached hydrogens (tertiary/aromatic N) is 3. The van der Waals surface area contributed by atoms with Gasteiger partial charge in [0.1, 0.15) is 6.54 Å². The van der Waals surface area contributed by atoms with Gasteiger partial charge in [0, 0.05) is 37.7 Å². The summed E-state index contributed by atoms with van der Waals surface area (Å²) >= 11 is 0. The van der Waals surface area contributed by atoms with Crippen LogP contribution >= 0.6 is 0 Å². The summed E-state index contributed by atoms with van der Waals surface area (Å²) < 4.78 is 0. The molecule has 0 unspecified atom stereocenters. The lowest BCUT2D eigenvalue weighted by atomic mass is 10.0. The molecule has 0 radical (unpaired) electrons. The number of benzene rings is 1. The molecule has 1 fully saturated rings. The van der Waals surface area contributed by atoms with Gasteiger partial charge in [-0.1, -0.05) is 13.3 Å². The molecular formula is C20H24N4O6. The van der Waals surface area contributed by atoms with Crippen molar-refractivity contribution < 1.29 is 24.1 Å². The fraction of sp³-hybridized carbons (Fsp3) is 0.500. The standard InChI is InChI=1S/C20H24N4O6/c1-2-3-4-17(25)21-13-7-9-22(10-8-13)18(26)12-23-19(27)15-6-5-14(24(29)30)11-16(15)20(23)28/h5-6,11,13H,2-4,7-10,12H2,1H3,(H,21,25). The number of nitro benzene ring substituents is 1. The minimum Gasteiger partial charge on any atom is -0.353 e. The van der Waals surface area contributed by atoms with Gasteiger partial charge in [0.05, 0.1) is 16.1 Å². The first-order chi connectivity index (χ1) is 14.3. The lowest BCUT2D eigenvalue weighted by Gasteiger charge is -2.33. The molecule has 0 atom stereocenters. The number of rotatable bonds is 7. The van der Waals surface area contributed by atoms with Crippen LogP contribution in [0.3, 0.4) is 0 Å². The first kappa shape index (κ1) is 21.4. The van der Waals surface area contributed by atoms with E-state index in [9.17, 15) is 29.3 Å². The van der Waals surface area contributed by atoms with Gasteiger partial charge in [0.15, 0.2) is 0 Å². The van der Waals surface area contributed by atoms with E-state index in [4.69, 9.17) is 0 Å². The molecule has 1 aromatic rings. The van der Waals surface area contributed by atoms with Crippen molar-refractivity contribution in [3.8, 4) is 0 Å². The topological polar surface area (TPSA) is 130 Å². The third kappa shape index (κ3) is 4.47. The van der Waals surface area contributed by atoms with E-state index in [0.717, 1.165) is 29.9 Å². The number of carbonyl (C=O) groups excluding carboxylic acids is 4. The van der Waals surface area contributed by atoms with Crippen molar-refractivity contribution in [1.82, 2.24) is 15.1 Å². The molecule has 1 saturated heterocycles. The Balaban J connectivity index is 1.55. The summed E-state index contributed by atoms with van der Waals surface area (Å²) in [6.07, 6.45) is 3.50. The Hall–Kier alpha value is -3.30. The first-order valence-electron chi connectivity index (χ1n) is 10.0. The van der Waals surface area contributed by atoms with Crippen LogP contribution in [-0.4, -0.2) is 64.0 Å². The van der Waals surface area contributed by atoms with Gasteiger partial charge in [-0.3, -0.25) is 34.2 Å². The highest BCUT2D eigenvalue weighted by Gasteiger charge is 2.38. The van der Waals surface area contributed by atoms with Crippen LogP contribution in [-0.2, 0) is 9.59 Å². The first-order valence-corrected chi connectivity index (χ1v) is 10.0. The summed E-state index contributed by atoms with van der Waals surface area (Å²) in [4.78, 5) is 62.1. The number of piperidine rings is 1. The lowest BCUT2D eigenvalue weighted by Crippen LogP contribution is -2.49. The minimum absolute atomic E-state index is 0.0123. The molecular weight excluding hydrogens is 392 g/mol. The van der Waals surface area contributed by atoms with Gasteiger partial charge in [-0.05, 0) is 25.3 Å². The van der Waals surface area contributed by atoms with Crippen molar-refractivity contribution in [3.63, 3.8) is 0 Å². The normalized spacial score (nSPS) is 16.6. The number of nitro groups is 1. The summed E-state index contributed by atoms with van der Waals surface area (Å²) in [6.45, 7) is 2.46. The second-order valence-corrected chi connectivity index (χ2v) is 7.51. The molecule has 0 spiro atoms. The van der Waals surface area contributed by atoms with E-state index in [1.165, 1.54) is 6.07 Å². The number of hydrogen-bond donors (Lipinski definition) is 1. The Morgan fingerprint density at radius 3 is 2.47 bits per heavy atom. The summed E-state index contributed by atoms with van der Waals surface area (Å²) in [6, 6.07) is 3.48. The van der Waals surface area contributed by atoms with E-state index < -0.39 is 23.3 Å². The zero-order valence-electron chi connectivity index (χ0n) is 16.8. The fourth-order valence-corrected chi connectivity index (χ4v) is 3.68. The monoisotopic (exact) mass is 416 g/mol. The van der Waals surface area contributed by atoms with E-state index in [1.54, 1.807) is 4.90 Å². The van der Waals surface area contributed by atoms with Gasteiger partial charge in [0.25, 0.3) is 17.5 Å². The van der Waals surface area contributed by atoms with Crippen molar-refractivity contribution in [2.24, 2.45) is 0 Å². The molecule has 3 rings (SSSR count). The van der Waals surface area contributed by atoms with E-state index in [2.05, 4.69) is 5.32 Å². The number of non-ortho nitro benzene ring substituents is 1. The van der Waals surface area contributed by atoms with Crippen LogP contribution in [0.5, 0.6) is 0 Å². The van der Waals surface area contributed by atoms with Crippen molar-refractivity contribution in [3.05, 3.63) is 39.4 Å². The summed E-state index contributed by atoms with van der Waals surface area (Å²) in [7, 11) is 0. The minimum atomic E-state index is -0.704. The third-order valence-corrected chi connectivity index (χ3v) is 5.43. The molecule has 160 valence electrons.